The van der Waals surface area contributed by atoms with Crippen LogP contribution in [-0.2, 0) is 11.3 Å². The largest absolute Gasteiger partial charge is 0.497 e. The van der Waals surface area contributed by atoms with Crippen LogP contribution in [0.2, 0.25) is 0 Å². The van der Waals surface area contributed by atoms with Gasteiger partial charge in [-0.05, 0) is 44.2 Å². The van der Waals surface area contributed by atoms with Crippen molar-refractivity contribution in [1.29, 1.82) is 0 Å². The summed E-state index contributed by atoms with van der Waals surface area (Å²) in [6.45, 7) is 5.05. The monoisotopic (exact) mass is 454 g/mol. The van der Waals surface area contributed by atoms with E-state index < -0.39 is 0 Å². The van der Waals surface area contributed by atoms with Crippen LogP contribution in [0.5, 0.6) is 17.2 Å². The maximum absolute atomic E-state index is 12.6. The van der Waals surface area contributed by atoms with E-state index in [0.717, 1.165) is 28.6 Å². The van der Waals surface area contributed by atoms with Crippen molar-refractivity contribution in [3.8, 4) is 17.2 Å². The van der Waals surface area contributed by atoms with Crippen molar-refractivity contribution in [1.82, 2.24) is 20.1 Å². The molecule has 9 heteroatoms. The number of amides is 1. The maximum atomic E-state index is 12.6. The van der Waals surface area contributed by atoms with Crippen LogP contribution in [0.1, 0.15) is 37.4 Å². The van der Waals surface area contributed by atoms with Crippen molar-refractivity contribution >= 4 is 17.7 Å². The van der Waals surface area contributed by atoms with Gasteiger partial charge in [0.05, 0.1) is 18.9 Å². The number of thioether (sulfide) groups is 1. The van der Waals surface area contributed by atoms with Gasteiger partial charge < -0.3 is 24.1 Å². The van der Waals surface area contributed by atoms with Gasteiger partial charge in [-0.25, -0.2) is 0 Å². The second kappa shape index (κ2) is 9.95. The summed E-state index contributed by atoms with van der Waals surface area (Å²) in [5.74, 6) is 3.13. The minimum Gasteiger partial charge on any atom is -0.497 e. The highest BCUT2D eigenvalue weighted by Crippen LogP contribution is 2.35. The Morgan fingerprint density at radius 3 is 2.81 bits per heavy atom. The fraction of sp³-hybridized carbons (Fsp3) is 0.348. The molecule has 1 amide bonds. The summed E-state index contributed by atoms with van der Waals surface area (Å²) < 4.78 is 18.9. The quantitative estimate of drug-likeness (QED) is 0.492. The van der Waals surface area contributed by atoms with Crippen molar-refractivity contribution in [2.75, 3.05) is 19.5 Å². The SMILES string of the molecule is CCn1c(SCC(=O)NC2COc3ccc(OC)cc32)nnc1C(C)Oc1ccccc1. The molecule has 2 aromatic carbocycles. The lowest BCUT2D eigenvalue weighted by molar-refractivity contribution is -0.119. The van der Waals surface area contributed by atoms with Gasteiger partial charge in [-0.1, -0.05) is 30.0 Å². The smallest absolute Gasteiger partial charge is 0.231 e. The summed E-state index contributed by atoms with van der Waals surface area (Å²) in [6.07, 6.45) is -0.268. The van der Waals surface area contributed by atoms with Crippen LogP contribution in [0.15, 0.2) is 53.7 Å². The molecule has 1 aromatic heterocycles. The Morgan fingerprint density at radius 1 is 1.25 bits per heavy atom. The number of rotatable bonds is 9. The molecule has 168 valence electrons. The van der Waals surface area contributed by atoms with Crippen molar-refractivity contribution in [2.24, 2.45) is 0 Å². The van der Waals surface area contributed by atoms with Gasteiger partial charge in [0.25, 0.3) is 0 Å². The number of benzene rings is 2. The minimum atomic E-state index is -0.268. The van der Waals surface area contributed by atoms with Gasteiger partial charge in [0.1, 0.15) is 23.9 Å². The highest BCUT2D eigenvalue weighted by atomic mass is 32.2. The lowest BCUT2D eigenvalue weighted by Crippen LogP contribution is -2.30. The fourth-order valence-electron chi connectivity index (χ4n) is 3.57. The molecule has 0 fully saturated rings. The van der Waals surface area contributed by atoms with Crippen molar-refractivity contribution in [3.05, 3.63) is 59.9 Å². The van der Waals surface area contributed by atoms with Gasteiger partial charge in [0.2, 0.25) is 5.91 Å². The average Bonchev–Trinajstić information content (AvgIpc) is 3.41. The molecule has 0 bridgehead atoms. The van der Waals surface area contributed by atoms with Crippen molar-refractivity contribution < 1.29 is 19.0 Å². The first-order chi connectivity index (χ1) is 15.6. The first kappa shape index (κ1) is 22.0. The molecular weight excluding hydrogens is 428 g/mol. The number of fused-ring (bicyclic) bond motifs is 1. The Bertz CT molecular complexity index is 1070. The van der Waals surface area contributed by atoms with Crippen LogP contribution in [0.4, 0.5) is 0 Å². The fourth-order valence-corrected chi connectivity index (χ4v) is 4.39. The molecule has 8 nitrogen and oxygen atoms in total. The van der Waals surface area contributed by atoms with Gasteiger partial charge in [0.15, 0.2) is 17.1 Å². The Morgan fingerprint density at radius 2 is 2.06 bits per heavy atom. The van der Waals surface area contributed by atoms with E-state index in [0.29, 0.717) is 18.3 Å². The Kier molecular flexibility index (Phi) is 6.84. The third kappa shape index (κ3) is 4.83. The first-order valence-corrected chi connectivity index (χ1v) is 11.4. The van der Waals surface area contributed by atoms with E-state index in [1.165, 1.54) is 11.8 Å². The molecule has 1 aliphatic heterocycles. The second-order valence-corrected chi connectivity index (χ2v) is 8.22. The summed E-state index contributed by atoms with van der Waals surface area (Å²) in [5.41, 5.74) is 0.925. The second-order valence-electron chi connectivity index (χ2n) is 7.28. The predicted molar refractivity (Wildman–Crippen MR) is 121 cm³/mol. The molecule has 0 spiro atoms. The van der Waals surface area contributed by atoms with Gasteiger partial charge in [-0.3, -0.25) is 4.79 Å². The predicted octanol–water partition coefficient (Wildman–Crippen LogP) is 3.79. The van der Waals surface area contributed by atoms with Gasteiger partial charge in [0, 0.05) is 12.1 Å². The Labute approximate surface area is 191 Å². The molecule has 1 aliphatic rings. The average molecular weight is 455 g/mol. The number of methoxy groups -OCH3 is 1. The minimum absolute atomic E-state index is 0.0972. The first-order valence-electron chi connectivity index (χ1n) is 10.5. The van der Waals surface area contributed by atoms with Crippen molar-refractivity contribution in [3.63, 3.8) is 0 Å². The van der Waals surface area contributed by atoms with E-state index in [9.17, 15) is 4.79 Å². The number of nitrogens with zero attached hydrogens (tertiary/aromatic N) is 3. The number of hydrogen-bond acceptors (Lipinski definition) is 7. The van der Waals surface area contributed by atoms with Gasteiger partial charge >= 0.3 is 0 Å². The molecular formula is C23H26N4O4S. The molecule has 2 unspecified atom stereocenters. The number of ether oxygens (including phenoxy) is 3. The van der Waals surface area contributed by atoms with Crippen LogP contribution < -0.4 is 19.5 Å². The molecule has 0 aliphatic carbocycles. The van der Waals surface area contributed by atoms with Gasteiger partial charge in [-0.2, -0.15) is 0 Å². The van der Waals surface area contributed by atoms with E-state index in [4.69, 9.17) is 14.2 Å². The molecule has 0 saturated carbocycles. The van der Waals surface area contributed by atoms with Crippen LogP contribution >= 0.6 is 11.8 Å². The Hall–Kier alpha value is -3.20. The topological polar surface area (TPSA) is 87.5 Å². The van der Waals surface area contributed by atoms with E-state index in [1.54, 1.807) is 7.11 Å². The van der Waals surface area contributed by atoms with E-state index in [1.807, 2.05) is 66.9 Å². The molecule has 2 atom stereocenters. The lowest BCUT2D eigenvalue weighted by Gasteiger charge is -2.15. The summed E-state index contributed by atoms with van der Waals surface area (Å²) in [4.78, 5) is 12.6. The molecule has 0 radical (unpaired) electrons. The summed E-state index contributed by atoms with van der Waals surface area (Å²) in [7, 11) is 1.62. The zero-order chi connectivity index (χ0) is 22.5. The van der Waals surface area contributed by atoms with Crippen LogP contribution in [0, 0.1) is 0 Å². The molecule has 32 heavy (non-hydrogen) atoms. The van der Waals surface area contributed by atoms with Crippen molar-refractivity contribution in [2.45, 2.75) is 37.7 Å². The number of para-hydroxylation sites is 1. The number of aromatic nitrogens is 3. The van der Waals surface area contributed by atoms with Gasteiger partial charge in [-0.15, -0.1) is 10.2 Å². The zero-order valence-electron chi connectivity index (χ0n) is 18.3. The summed E-state index contributed by atoms with van der Waals surface area (Å²) in [6, 6.07) is 15.0. The standard InChI is InChI=1S/C23H26N4O4S/c1-4-27-22(15(2)31-16-8-6-5-7-9-16)25-26-23(27)32-14-21(28)24-19-13-30-20-11-10-17(29-3)12-18(19)20/h5-12,15,19H,4,13-14H2,1-3H3,(H,24,28). The Balaban J connectivity index is 1.37. The normalized spacial score (nSPS) is 15.5. The zero-order valence-corrected chi connectivity index (χ0v) is 19.1. The lowest BCUT2D eigenvalue weighted by atomic mass is 10.1. The highest BCUT2D eigenvalue weighted by Gasteiger charge is 2.26. The van der Waals surface area contributed by atoms with Crippen LogP contribution in [0.25, 0.3) is 0 Å². The number of hydrogen-bond donors (Lipinski definition) is 1. The molecule has 0 saturated heterocycles. The van der Waals surface area contributed by atoms with E-state index in [2.05, 4.69) is 15.5 Å². The van der Waals surface area contributed by atoms with Crippen LogP contribution in [0.3, 0.4) is 0 Å². The number of carbonyl (C=O) groups excluding carboxylic acids is 1. The summed E-state index contributed by atoms with van der Waals surface area (Å²) in [5, 5.41) is 12.3. The number of carbonyl (C=O) groups is 1. The van der Waals surface area contributed by atoms with E-state index >= 15 is 0 Å². The van der Waals surface area contributed by atoms with E-state index in [-0.39, 0.29) is 23.8 Å². The number of nitrogens with one attached hydrogen (secondary N) is 1. The molecule has 3 aromatic rings. The van der Waals surface area contributed by atoms with Crippen LogP contribution in [-0.4, -0.2) is 40.1 Å². The summed E-state index contributed by atoms with van der Waals surface area (Å²) >= 11 is 1.35. The maximum Gasteiger partial charge on any atom is 0.231 e. The third-order valence-corrected chi connectivity index (χ3v) is 6.11. The third-order valence-electron chi connectivity index (χ3n) is 5.15. The highest BCUT2D eigenvalue weighted by molar-refractivity contribution is 7.99. The molecule has 2 heterocycles. The molecule has 4 rings (SSSR count). The molecule has 1 N–H and O–H groups in total.